The lowest BCUT2D eigenvalue weighted by atomic mass is 10.1. The van der Waals surface area contributed by atoms with Gasteiger partial charge in [0.25, 0.3) is 0 Å². The predicted molar refractivity (Wildman–Crippen MR) is 72.8 cm³/mol. The Hall–Kier alpha value is -1.06. The van der Waals surface area contributed by atoms with Gasteiger partial charge in [0.05, 0.1) is 6.04 Å². The SMILES string of the molecule is CCNC(c1ccc(C)o1)c1cc(C)sc1C. The van der Waals surface area contributed by atoms with Crippen LogP contribution >= 0.6 is 11.3 Å². The summed E-state index contributed by atoms with van der Waals surface area (Å²) in [6.45, 7) is 9.36. The molecule has 2 nitrogen and oxygen atoms in total. The highest BCUT2D eigenvalue weighted by Gasteiger charge is 2.19. The lowest BCUT2D eigenvalue weighted by Crippen LogP contribution is -2.21. The minimum atomic E-state index is 0.179. The highest BCUT2D eigenvalue weighted by Crippen LogP contribution is 2.31. The number of rotatable bonds is 4. The number of thiophene rings is 1. The smallest absolute Gasteiger partial charge is 0.125 e. The van der Waals surface area contributed by atoms with Gasteiger partial charge in [0, 0.05) is 9.75 Å². The molecule has 1 unspecified atom stereocenters. The summed E-state index contributed by atoms with van der Waals surface area (Å²) in [5.41, 5.74) is 1.34. The van der Waals surface area contributed by atoms with E-state index in [2.05, 4.69) is 38.2 Å². The molecule has 1 atom stereocenters. The van der Waals surface area contributed by atoms with Crippen LogP contribution in [0.25, 0.3) is 0 Å². The van der Waals surface area contributed by atoms with Crippen LogP contribution in [0.2, 0.25) is 0 Å². The van der Waals surface area contributed by atoms with Gasteiger partial charge >= 0.3 is 0 Å². The zero-order valence-corrected chi connectivity index (χ0v) is 11.6. The first-order valence-electron chi connectivity index (χ1n) is 5.98. The van der Waals surface area contributed by atoms with Crippen LogP contribution in [0.4, 0.5) is 0 Å². The Morgan fingerprint density at radius 1 is 1.29 bits per heavy atom. The molecule has 0 amide bonds. The van der Waals surface area contributed by atoms with Crippen LogP contribution in [0.3, 0.4) is 0 Å². The molecule has 0 fully saturated rings. The molecule has 2 aromatic rings. The maximum atomic E-state index is 5.76. The summed E-state index contributed by atoms with van der Waals surface area (Å²) in [7, 11) is 0. The van der Waals surface area contributed by atoms with E-state index in [9.17, 15) is 0 Å². The predicted octanol–water partition coefficient (Wildman–Crippen LogP) is 3.97. The third kappa shape index (κ3) is 2.61. The van der Waals surface area contributed by atoms with Gasteiger partial charge in [0.1, 0.15) is 11.5 Å². The molecule has 0 spiro atoms. The van der Waals surface area contributed by atoms with Crippen LogP contribution in [-0.2, 0) is 0 Å². The molecule has 2 aromatic heterocycles. The first kappa shape index (κ1) is 12.4. The molecule has 3 heteroatoms. The molecular formula is C14H19NOS. The zero-order chi connectivity index (χ0) is 12.4. The van der Waals surface area contributed by atoms with E-state index in [-0.39, 0.29) is 6.04 Å². The van der Waals surface area contributed by atoms with E-state index in [1.54, 1.807) is 0 Å². The van der Waals surface area contributed by atoms with Gasteiger partial charge in [-0.3, -0.25) is 0 Å². The summed E-state index contributed by atoms with van der Waals surface area (Å²) >= 11 is 1.84. The summed E-state index contributed by atoms with van der Waals surface area (Å²) in [6, 6.07) is 6.52. The monoisotopic (exact) mass is 249 g/mol. The molecule has 92 valence electrons. The van der Waals surface area contributed by atoms with E-state index in [4.69, 9.17) is 4.42 Å². The fraction of sp³-hybridized carbons (Fsp3) is 0.429. The Kier molecular flexibility index (Phi) is 3.69. The van der Waals surface area contributed by atoms with Crippen LogP contribution in [-0.4, -0.2) is 6.54 Å². The van der Waals surface area contributed by atoms with Crippen LogP contribution in [0, 0.1) is 20.8 Å². The minimum Gasteiger partial charge on any atom is -0.464 e. The molecule has 0 bridgehead atoms. The molecule has 0 aromatic carbocycles. The molecule has 17 heavy (non-hydrogen) atoms. The number of nitrogens with one attached hydrogen (secondary N) is 1. The minimum absolute atomic E-state index is 0.179. The van der Waals surface area contributed by atoms with Crippen molar-refractivity contribution < 1.29 is 4.42 Å². The molecule has 0 saturated carbocycles. The average molecular weight is 249 g/mol. The Bertz CT molecular complexity index is 498. The van der Waals surface area contributed by atoms with E-state index in [1.807, 2.05) is 24.3 Å². The van der Waals surface area contributed by atoms with Crippen molar-refractivity contribution in [3.8, 4) is 0 Å². The normalized spacial score (nSPS) is 12.9. The summed E-state index contributed by atoms with van der Waals surface area (Å²) in [6.07, 6.45) is 0. The highest BCUT2D eigenvalue weighted by atomic mass is 32.1. The van der Waals surface area contributed by atoms with Gasteiger partial charge in [-0.1, -0.05) is 6.92 Å². The molecular weight excluding hydrogens is 230 g/mol. The maximum Gasteiger partial charge on any atom is 0.125 e. The van der Waals surface area contributed by atoms with Crippen molar-refractivity contribution in [1.29, 1.82) is 0 Å². The number of aryl methyl sites for hydroxylation is 3. The fourth-order valence-electron chi connectivity index (χ4n) is 2.11. The van der Waals surface area contributed by atoms with E-state index < -0.39 is 0 Å². The lowest BCUT2D eigenvalue weighted by Gasteiger charge is -2.15. The van der Waals surface area contributed by atoms with Crippen molar-refractivity contribution in [3.63, 3.8) is 0 Å². The average Bonchev–Trinajstić information content (AvgIpc) is 2.82. The van der Waals surface area contributed by atoms with E-state index in [0.29, 0.717) is 0 Å². The van der Waals surface area contributed by atoms with Gasteiger partial charge in [0.15, 0.2) is 0 Å². The summed E-state index contributed by atoms with van der Waals surface area (Å²) < 4.78 is 5.76. The standard InChI is InChI=1S/C14H19NOS/c1-5-15-14(13-7-6-9(2)16-13)12-8-10(3)17-11(12)4/h6-8,14-15H,5H2,1-4H3. The van der Waals surface area contributed by atoms with Crippen molar-refractivity contribution in [3.05, 3.63) is 45.0 Å². The third-order valence-electron chi connectivity index (χ3n) is 2.84. The number of furan rings is 1. The van der Waals surface area contributed by atoms with Gasteiger partial charge in [-0.25, -0.2) is 0 Å². The Morgan fingerprint density at radius 3 is 2.53 bits per heavy atom. The molecule has 2 heterocycles. The second-order valence-electron chi connectivity index (χ2n) is 4.31. The summed E-state index contributed by atoms with van der Waals surface area (Å²) in [5, 5.41) is 3.50. The molecule has 0 aliphatic heterocycles. The quantitative estimate of drug-likeness (QED) is 0.887. The van der Waals surface area contributed by atoms with Gasteiger partial charge in [-0.2, -0.15) is 0 Å². The van der Waals surface area contributed by atoms with Gasteiger partial charge in [0.2, 0.25) is 0 Å². The number of hydrogen-bond donors (Lipinski definition) is 1. The van der Waals surface area contributed by atoms with Gasteiger partial charge < -0.3 is 9.73 Å². The molecule has 0 saturated heterocycles. The molecule has 0 radical (unpaired) electrons. The first-order valence-corrected chi connectivity index (χ1v) is 6.80. The third-order valence-corrected chi connectivity index (χ3v) is 3.83. The first-order chi connectivity index (χ1) is 8.11. The Morgan fingerprint density at radius 2 is 2.06 bits per heavy atom. The van der Waals surface area contributed by atoms with Crippen molar-refractivity contribution in [1.82, 2.24) is 5.32 Å². The molecule has 0 aliphatic rings. The lowest BCUT2D eigenvalue weighted by molar-refractivity contribution is 0.435. The van der Waals surface area contributed by atoms with Crippen molar-refractivity contribution in [2.24, 2.45) is 0 Å². The maximum absolute atomic E-state index is 5.76. The zero-order valence-electron chi connectivity index (χ0n) is 10.8. The number of hydrogen-bond acceptors (Lipinski definition) is 3. The topological polar surface area (TPSA) is 25.2 Å². The van der Waals surface area contributed by atoms with Crippen LogP contribution in [0.5, 0.6) is 0 Å². The largest absolute Gasteiger partial charge is 0.464 e. The molecule has 0 aliphatic carbocycles. The Labute approximate surface area is 107 Å². The summed E-state index contributed by atoms with van der Waals surface area (Å²) in [4.78, 5) is 2.71. The van der Waals surface area contributed by atoms with Crippen molar-refractivity contribution in [2.75, 3.05) is 6.54 Å². The second-order valence-corrected chi connectivity index (χ2v) is 5.77. The van der Waals surface area contributed by atoms with Crippen LogP contribution < -0.4 is 5.32 Å². The van der Waals surface area contributed by atoms with Crippen LogP contribution in [0.1, 0.15) is 39.8 Å². The van der Waals surface area contributed by atoms with Gasteiger partial charge in [-0.05, 0) is 51.1 Å². The summed E-state index contributed by atoms with van der Waals surface area (Å²) in [5.74, 6) is 1.97. The second kappa shape index (κ2) is 5.07. The Balaban J connectivity index is 2.38. The van der Waals surface area contributed by atoms with E-state index in [1.165, 1.54) is 15.3 Å². The molecule has 2 rings (SSSR count). The highest BCUT2D eigenvalue weighted by molar-refractivity contribution is 7.12. The van der Waals surface area contributed by atoms with E-state index >= 15 is 0 Å². The van der Waals surface area contributed by atoms with E-state index in [0.717, 1.165) is 18.1 Å². The fourth-order valence-corrected chi connectivity index (χ4v) is 3.08. The van der Waals surface area contributed by atoms with Crippen molar-refractivity contribution >= 4 is 11.3 Å². The van der Waals surface area contributed by atoms with Gasteiger partial charge in [-0.15, -0.1) is 11.3 Å². The molecule has 1 N–H and O–H groups in total. The van der Waals surface area contributed by atoms with Crippen LogP contribution in [0.15, 0.2) is 22.6 Å². The van der Waals surface area contributed by atoms with Crippen molar-refractivity contribution in [2.45, 2.75) is 33.7 Å².